The highest BCUT2D eigenvalue weighted by molar-refractivity contribution is 7.91. The first kappa shape index (κ1) is 32.9. The number of hydrogen-bond donors (Lipinski definition) is 4. The molecule has 0 aromatic heterocycles. The molecular formula is C29H42N4O8S. The summed E-state index contributed by atoms with van der Waals surface area (Å²) in [6, 6.07) is 3.96. The zero-order valence-corrected chi connectivity index (χ0v) is 26.0. The van der Waals surface area contributed by atoms with Crippen molar-refractivity contribution in [2.75, 3.05) is 7.11 Å². The Morgan fingerprint density at radius 3 is 2.05 bits per heavy atom. The predicted molar refractivity (Wildman–Crippen MR) is 156 cm³/mol. The van der Waals surface area contributed by atoms with Gasteiger partial charge in [-0.2, -0.15) is 0 Å². The Balaban J connectivity index is 1.90. The zero-order chi connectivity index (χ0) is 31.7. The van der Waals surface area contributed by atoms with E-state index in [1.165, 1.54) is 13.2 Å². The summed E-state index contributed by atoms with van der Waals surface area (Å²) in [5.74, 6) is -2.28. The molecule has 2 fully saturated rings. The summed E-state index contributed by atoms with van der Waals surface area (Å²) in [6.07, 6.45) is 1.74. The topological polar surface area (TPSA) is 169 Å². The molecule has 0 unspecified atom stereocenters. The fourth-order valence-corrected chi connectivity index (χ4v) is 5.79. The molecule has 1 aromatic carbocycles. The number of ether oxygens (including phenoxy) is 2. The molecule has 0 bridgehead atoms. The van der Waals surface area contributed by atoms with Gasteiger partial charge in [0.15, 0.2) is 0 Å². The molecule has 4 atom stereocenters. The SMILES string of the molecule is C=C[C@@H]1C[C@]1(NC(=O)[C@H](NC(=O)[C@@H](NC(=O)OC(C)(C)C)C(C)(C)C)c1ccc(OC)cc1)C(=O)NS(=O)(=O)C1CC1. The Morgan fingerprint density at radius 1 is 1.00 bits per heavy atom. The molecule has 0 saturated heterocycles. The van der Waals surface area contributed by atoms with E-state index in [1.807, 2.05) is 0 Å². The number of amides is 4. The van der Waals surface area contributed by atoms with Crippen LogP contribution in [0.2, 0.25) is 0 Å². The van der Waals surface area contributed by atoms with E-state index in [9.17, 15) is 27.6 Å². The first-order chi connectivity index (χ1) is 19.3. The smallest absolute Gasteiger partial charge is 0.408 e. The normalized spacial score (nSPS) is 21.6. The first-order valence-corrected chi connectivity index (χ1v) is 15.3. The van der Waals surface area contributed by atoms with E-state index in [-0.39, 0.29) is 6.42 Å². The number of carbonyl (C=O) groups excluding carboxylic acids is 4. The molecule has 4 N–H and O–H groups in total. The molecule has 1 aromatic rings. The summed E-state index contributed by atoms with van der Waals surface area (Å²) in [5, 5.41) is 7.36. The van der Waals surface area contributed by atoms with Gasteiger partial charge in [0.2, 0.25) is 21.8 Å². The van der Waals surface area contributed by atoms with E-state index in [2.05, 4.69) is 27.3 Å². The molecule has 42 heavy (non-hydrogen) atoms. The molecule has 0 spiro atoms. The van der Waals surface area contributed by atoms with Gasteiger partial charge in [0.25, 0.3) is 5.91 Å². The van der Waals surface area contributed by atoms with Crippen molar-refractivity contribution >= 4 is 33.8 Å². The third-order valence-corrected chi connectivity index (χ3v) is 8.86. The van der Waals surface area contributed by atoms with Crippen LogP contribution in [0.1, 0.15) is 72.4 Å². The van der Waals surface area contributed by atoms with Gasteiger partial charge in [-0.15, -0.1) is 6.58 Å². The zero-order valence-electron chi connectivity index (χ0n) is 25.2. The van der Waals surface area contributed by atoms with Gasteiger partial charge >= 0.3 is 6.09 Å². The van der Waals surface area contributed by atoms with Crippen LogP contribution in [-0.4, -0.2) is 61.8 Å². The second-order valence-electron chi connectivity index (χ2n) is 12.8. The Hall–Kier alpha value is -3.61. The lowest BCUT2D eigenvalue weighted by Crippen LogP contribution is -2.58. The van der Waals surface area contributed by atoms with E-state index in [1.54, 1.807) is 65.8 Å². The fourth-order valence-electron chi connectivity index (χ4n) is 4.43. The summed E-state index contributed by atoms with van der Waals surface area (Å²) in [7, 11) is -2.39. The number of hydrogen-bond acceptors (Lipinski definition) is 8. The molecule has 232 valence electrons. The monoisotopic (exact) mass is 606 g/mol. The third kappa shape index (κ3) is 8.02. The van der Waals surface area contributed by atoms with Crippen molar-refractivity contribution in [2.24, 2.45) is 11.3 Å². The maximum Gasteiger partial charge on any atom is 0.408 e. The minimum absolute atomic E-state index is 0.141. The van der Waals surface area contributed by atoms with Crippen LogP contribution in [0, 0.1) is 11.3 Å². The minimum atomic E-state index is -3.87. The van der Waals surface area contributed by atoms with E-state index in [4.69, 9.17) is 9.47 Å². The van der Waals surface area contributed by atoms with Crippen LogP contribution in [0.3, 0.4) is 0 Å². The summed E-state index contributed by atoms with van der Waals surface area (Å²) in [4.78, 5) is 53.2. The van der Waals surface area contributed by atoms with Crippen LogP contribution in [-0.2, 0) is 29.1 Å². The van der Waals surface area contributed by atoms with Crippen molar-refractivity contribution in [3.05, 3.63) is 42.5 Å². The Kier molecular flexibility index (Phi) is 9.35. The van der Waals surface area contributed by atoms with E-state index >= 15 is 0 Å². The lowest BCUT2D eigenvalue weighted by Gasteiger charge is -2.33. The van der Waals surface area contributed by atoms with Gasteiger partial charge in [-0.1, -0.05) is 39.0 Å². The summed E-state index contributed by atoms with van der Waals surface area (Å²) < 4.78 is 37.6. The van der Waals surface area contributed by atoms with Crippen LogP contribution in [0.15, 0.2) is 36.9 Å². The highest BCUT2D eigenvalue weighted by Crippen LogP contribution is 2.45. The van der Waals surface area contributed by atoms with Gasteiger partial charge < -0.3 is 25.4 Å². The van der Waals surface area contributed by atoms with Crippen molar-refractivity contribution in [1.29, 1.82) is 0 Å². The molecule has 3 rings (SSSR count). The number of methoxy groups -OCH3 is 1. The Bertz CT molecular complexity index is 1330. The van der Waals surface area contributed by atoms with Crippen LogP contribution >= 0.6 is 0 Å². The number of rotatable bonds is 11. The van der Waals surface area contributed by atoms with Gasteiger partial charge in [-0.3, -0.25) is 19.1 Å². The maximum atomic E-state index is 13.8. The lowest BCUT2D eigenvalue weighted by molar-refractivity contribution is -0.134. The molecule has 12 nitrogen and oxygen atoms in total. The predicted octanol–water partition coefficient (Wildman–Crippen LogP) is 2.46. The second kappa shape index (κ2) is 11.9. The second-order valence-corrected chi connectivity index (χ2v) is 14.8. The molecule has 13 heteroatoms. The van der Waals surface area contributed by atoms with Gasteiger partial charge in [0.05, 0.1) is 12.4 Å². The molecule has 2 aliphatic carbocycles. The average molecular weight is 607 g/mol. The van der Waals surface area contributed by atoms with Crippen molar-refractivity contribution in [1.82, 2.24) is 20.7 Å². The Labute approximate surface area is 247 Å². The molecule has 0 aliphatic heterocycles. The molecule has 2 saturated carbocycles. The summed E-state index contributed by atoms with van der Waals surface area (Å²) in [5.41, 5.74) is -2.77. The van der Waals surface area contributed by atoms with Crippen molar-refractivity contribution < 1.29 is 37.1 Å². The number of alkyl carbamates (subject to hydrolysis) is 1. The van der Waals surface area contributed by atoms with Crippen molar-refractivity contribution in [3.63, 3.8) is 0 Å². The number of benzene rings is 1. The third-order valence-electron chi connectivity index (χ3n) is 7.04. The fraction of sp³-hybridized carbons (Fsp3) is 0.586. The van der Waals surface area contributed by atoms with Gasteiger partial charge in [0.1, 0.15) is 29.0 Å². The van der Waals surface area contributed by atoms with E-state index < -0.39 is 73.6 Å². The average Bonchev–Trinajstić information content (AvgIpc) is 3.79. The molecule has 0 radical (unpaired) electrons. The van der Waals surface area contributed by atoms with Crippen LogP contribution in [0.5, 0.6) is 5.75 Å². The largest absolute Gasteiger partial charge is 0.497 e. The van der Waals surface area contributed by atoms with Crippen LogP contribution < -0.4 is 25.4 Å². The minimum Gasteiger partial charge on any atom is -0.497 e. The van der Waals surface area contributed by atoms with Gasteiger partial charge in [-0.25, -0.2) is 13.2 Å². The first-order valence-electron chi connectivity index (χ1n) is 13.8. The summed E-state index contributed by atoms with van der Waals surface area (Å²) in [6.45, 7) is 14.0. The lowest BCUT2D eigenvalue weighted by atomic mass is 9.86. The molecule has 4 amide bonds. The summed E-state index contributed by atoms with van der Waals surface area (Å²) >= 11 is 0. The molecular weight excluding hydrogens is 564 g/mol. The number of sulfonamides is 1. The highest BCUT2D eigenvalue weighted by atomic mass is 32.2. The van der Waals surface area contributed by atoms with Crippen molar-refractivity contribution in [3.8, 4) is 5.75 Å². The maximum absolute atomic E-state index is 13.8. The van der Waals surface area contributed by atoms with Crippen molar-refractivity contribution in [2.45, 2.75) is 89.3 Å². The molecule has 0 heterocycles. The highest BCUT2D eigenvalue weighted by Gasteiger charge is 2.61. The van der Waals surface area contributed by atoms with Gasteiger partial charge in [-0.05, 0) is 63.1 Å². The van der Waals surface area contributed by atoms with Crippen LogP contribution in [0.25, 0.3) is 0 Å². The number of carbonyl (C=O) groups is 4. The Morgan fingerprint density at radius 2 is 1.60 bits per heavy atom. The van der Waals surface area contributed by atoms with E-state index in [0.29, 0.717) is 24.2 Å². The van der Waals surface area contributed by atoms with E-state index in [0.717, 1.165) is 0 Å². The standard InChI is InChI=1S/C29H42N4O8S/c1-9-18-16-29(18,25(36)33-42(38,39)20-14-15-20)32-23(34)21(17-10-12-19(40-8)13-11-17)30-24(35)22(27(2,3)4)31-26(37)41-28(5,6)7/h9-13,18,20-22H,1,14-16H2,2-8H3,(H,30,35)(H,31,37)(H,32,34)(H,33,36)/t18-,21-,22-,29-/m1/s1. The van der Waals surface area contributed by atoms with Gasteiger partial charge in [0, 0.05) is 5.92 Å². The van der Waals surface area contributed by atoms with Crippen LogP contribution in [0.4, 0.5) is 4.79 Å². The number of nitrogens with one attached hydrogen (secondary N) is 4. The quantitative estimate of drug-likeness (QED) is 0.279. The molecule has 2 aliphatic rings.